The molecular weight excluding hydrogens is 289 g/mol. The van der Waals surface area contributed by atoms with Gasteiger partial charge >= 0.3 is 6.18 Å². The van der Waals surface area contributed by atoms with Crippen LogP contribution in [0.25, 0.3) is 0 Å². The van der Waals surface area contributed by atoms with Crippen molar-refractivity contribution < 1.29 is 23.2 Å². The molecule has 8 heteroatoms. The highest BCUT2D eigenvalue weighted by molar-refractivity contribution is 5.64. The number of nitro groups is 1. The molecule has 0 bridgehead atoms. The molecule has 0 aromatic heterocycles. The predicted octanol–water partition coefficient (Wildman–Crippen LogP) is 3.19. The van der Waals surface area contributed by atoms with E-state index in [-0.39, 0.29) is 18.2 Å². The lowest BCUT2D eigenvalue weighted by molar-refractivity contribution is -0.384. The van der Waals surface area contributed by atoms with Gasteiger partial charge in [-0.15, -0.1) is 0 Å². The third-order valence-corrected chi connectivity index (χ3v) is 3.75. The lowest BCUT2D eigenvalue weighted by Crippen LogP contribution is -2.41. The fourth-order valence-electron chi connectivity index (χ4n) is 2.26. The van der Waals surface area contributed by atoms with Crippen molar-refractivity contribution >= 4 is 11.4 Å². The second kappa shape index (κ2) is 5.18. The number of halogens is 3. The van der Waals surface area contributed by atoms with Crippen molar-refractivity contribution in [3.63, 3.8) is 0 Å². The molecule has 1 aliphatic carbocycles. The Labute approximate surface area is 118 Å². The molecule has 0 spiro atoms. The van der Waals surface area contributed by atoms with Crippen molar-refractivity contribution in [3.05, 3.63) is 33.9 Å². The Hall–Kier alpha value is -1.83. The van der Waals surface area contributed by atoms with E-state index in [1.807, 2.05) is 0 Å². The molecule has 0 amide bonds. The summed E-state index contributed by atoms with van der Waals surface area (Å²) in [4.78, 5) is 10.1. The minimum atomic E-state index is -4.64. The number of rotatable bonds is 5. The Bertz CT molecular complexity index is 558. The maximum absolute atomic E-state index is 12.6. The molecule has 0 saturated heterocycles. The Kier molecular flexibility index (Phi) is 3.83. The van der Waals surface area contributed by atoms with Crippen LogP contribution in [-0.2, 0) is 6.18 Å². The maximum atomic E-state index is 12.6. The van der Waals surface area contributed by atoms with E-state index in [4.69, 9.17) is 0 Å². The number of hydrogen-bond donors (Lipinski definition) is 2. The summed E-state index contributed by atoms with van der Waals surface area (Å²) in [6, 6.07) is 2.34. The fourth-order valence-corrected chi connectivity index (χ4v) is 2.26. The van der Waals surface area contributed by atoms with Gasteiger partial charge in [0.05, 0.1) is 22.6 Å². The van der Waals surface area contributed by atoms with E-state index < -0.39 is 27.9 Å². The van der Waals surface area contributed by atoms with E-state index in [9.17, 15) is 28.4 Å². The molecule has 1 fully saturated rings. The molecule has 0 radical (unpaired) electrons. The standard InChI is InChI=1S/C13H15F3N2O3/c1-12(7-19,8-2-3-8)17-10-5-4-9(13(14,15)16)6-11(10)18(20)21/h4-6,8,17,19H,2-3,7H2,1H3/t12-/m1/s1. The SMILES string of the molecule is C[C@](CO)(Nc1ccc(C(F)(F)F)cc1[N+](=O)[O-])C1CC1. The van der Waals surface area contributed by atoms with E-state index >= 15 is 0 Å². The smallest absolute Gasteiger partial charge is 0.394 e. The van der Waals surface area contributed by atoms with Crippen molar-refractivity contribution in [2.45, 2.75) is 31.5 Å². The second-order valence-electron chi connectivity index (χ2n) is 5.46. The minimum absolute atomic E-state index is 0.0172. The van der Waals surface area contributed by atoms with Crippen molar-refractivity contribution in [1.29, 1.82) is 0 Å². The minimum Gasteiger partial charge on any atom is -0.394 e. The number of aliphatic hydroxyl groups excluding tert-OH is 1. The van der Waals surface area contributed by atoms with Crippen LogP contribution in [0.1, 0.15) is 25.3 Å². The van der Waals surface area contributed by atoms with E-state index in [0.29, 0.717) is 6.07 Å². The van der Waals surface area contributed by atoms with Crippen LogP contribution in [0.3, 0.4) is 0 Å². The lowest BCUT2D eigenvalue weighted by Gasteiger charge is -2.30. The van der Waals surface area contributed by atoms with Gasteiger partial charge in [-0.2, -0.15) is 13.2 Å². The molecule has 21 heavy (non-hydrogen) atoms. The third-order valence-electron chi connectivity index (χ3n) is 3.75. The molecule has 1 aromatic carbocycles. The molecule has 1 aliphatic rings. The summed E-state index contributed by atoms with van der Waals surface area (Å²) < 4.78 is 37.9. The number of hydrogen-bond acceptors (Lipinski definition) is 4. The van der Waals surface area contributed by atoms with E-state index in [1.54, 1.807) is 6.92 Å². The quantitative estimate of drug-likeness (QED) is 0.647. The molecular formula is C13H15F3N2O3. The normalized spacial score (nSPS) is 18.1. The molecule has 1 saturated carbocycles. The first-order valence-corrected chi connectivity index (χ1v) is 6.42. The monoisotopic (exact) mass is 304 g/mol. The van der Waals surface area contributed by atoms with Gasteiger partial charge in [-0.05, 0) is 37.8 Å². The van der Waals surface area contributed by atoms with Gasteiger partial charge in [0, 0.05) is 6.07 Å². The van der Waals surface area contributed by atoms with Crippen LogP contribution < -0.4 is 5.32 Å². The van der Waals surface area contributed by atoms with E-state index in [1.165, 1.54) is 0 Å². The molecule has 2 N–H and O–H groups in total. The molecule has 1 atom stereocenters. The van der Waals surface area contributed by atoms with Gasteiger partial charge in [0.25, 0.3) is 5.69 Å². The van der Waals surface area contributed by atoms with Crippen molar-refractivity contribution in [2.75, 3.05) is 11.9 Å². The van der Waals surface area contributed by atoms with Crippen LogP contribution in [0, 0.1) is 16.0 Å². The van der Waals surface area contributed by atoms with Crippen LogP contribution >= 0.6 is 0 Å². The molecule has 0 heterocycles. The van der Waals surface area contributed by atoms with Gasteiger partial charge in [-0.3, -0.25) is 10.1 Å². The van der Waals surface area contributed by atoms with Gasteiger partial charge in [-0.1, -0.05) is 0 Å². The number of anilines is 1. The Balaban J connectivity index is 2.37. The molecule has 1 aromatic rings. The zero-order valence-corrected chi connectivity index (χ0v) is 11.3. The first-order valence-electron chi connectivity index (χ1n) is 6.42. The van der Waals surface area contributed by atoms with Crippen molar-refractivity contribution in [2.24, 2.45) is 5.92 Å². The summed E-state index contributed by atoms with van der Waals surface area (Å²) in [5.41, 5.74) is -2.51. The van der Waals surface area contributed by atoms with Gasteiger partial charge in [0.2, 0.25) is 0 Å². The lowest BCUT2D eigenvalue weighted by atomic mass is 9.96. The van der Waals surface area contributed by atoms with Crippen LogP contribution in [0.15, 0.2) is 18.2 Å². The molecule has 0 aliphatic heterocycles. The van der Waals surface area contributed by atoms with E-state index in [2.05, 4.69) is 5.32 Å². The van der Waals surface area contributed by atoms with Crippen LogP contribution in [0.4, 0.5) is 24.5 Å². The molecule has 116 valence electrons. The van der Waals surface area contributed by atoms with Gasteiger partial charge < -0.3 is 10.4 Å². The average Bonchev–Trinajstić information content (AvgIpc) is 3.22. The van der Waals surface area contributed by atoms with Crippen LogP contribution in [0.5, 0.6) is 0 Å². The number of aliphatic hydroxyl groups is 1. The highest BCUT2D eigenvalue weighted by atomic mass is 19.4. The first kappa shape index (κ1) is 15.6. The van der Waals surface area contributed by atoms with Crippen LogP contribution in [0.2, 0.25) is 0 Å². The van der Waals surface area contributed by atoms with Gasteiger partial charge in [0.1, 0.15) is 5.69 Å². The number of nitrogens with zero attached hydrogens (tertiary/aromatic N) is 1. The third kappa shape index (κ3) is 3.26. The fraction of sp³-hybridized carbons (Fsp3) is 0.538. The highest BCUT2D eigenvalue weighted by Crippen LogP contribution is 2.43. The van der Waals surface area contributed by atoms with Gasteiger partial charge in [0.15, 0.2) is 0 Å². The number of benzene rings is 1. The second-order valence-corrected chi connectivity index (χ2v) is 5.46. The molecule has 0 unspecified atom stereocenters. The summed E-state index contributed by atoms with van der Waals surface area (Å²) in [6.07, 6.45) is -2.89. The Morgan fingerprint density at radius 3 is 2.48 bits per heavy atom. The highest BCUT2D eigenvalue weighted by Gasteiger charge is 2.42. The zero-order valence-electron chi connectivity index (χ0n) is 11.3. The molecule has 5 nitrogen and oxygen atoms in total. The summed E-state index contributed by atoms with van der Waals surface area (Å²) in [5, 5.41) is 23.3. The van der Waals surface area contributed by atoms with Crippen molar-refractivity contribution in [1.82, 2.24) is 0 Å². The van der Waals surface area contributed by atoms with Crippen molar-refractivity contribution in [3.8, 4) is 0 Å². The Morgan fingerprint density at radius 2 is 2.05 bits per heavy atom. The molecule has 2 rings (SSSR count). The summed E-state index contributed by atoms with van der Waals surface area (Å²) in [6.45, 7) is 1.45. The van der Waals surface area contributed by atoms with Gasteiger partial charge in [-0.25, -0.2) is 0 Å². The number of nitrogens with one attached hydrogen (secondary N) is 1. The average molecular weight is 304 g/mol. The Morgan fingerprint density at radius 1 is 1.43 bits per heavy atom. The van der Waals surface area contributed by atoms with Crippen LogP contribution in [-0.4, -0.2) is 22.2 Å². The zero-order chi connectivity index (χ0) is 15.8. The summed E-state index contributed by atoms with van der Waals surface area (Å²) in [7, 11) is 0. The topological polar surface area (TPSA) is 75.4 Å². The van der Waals surface area contributed by atoms with E-state index in [0.717, 1.165) is 25.0 Å². The summed E-state index contributed by atoms with van der Waals surface area (Å²) in [5.74, 6) is 0.157. The number of nitro benzene ring substituents is 1. The first-order chi connectivity index (χ1) is 9.67. The predicted molar refractivity (Wildman–Crippen MR) is 69.9 cm³/mol. The summed E-state index contributed by atoms with van der Waals surface area (Å²) >= 11 is 0. The maximum Gasteiger partial charge on any atom is 0.416 e. The number of alkyl halides is 3. The largest absolute Gasteiger partial charge is 0.416 e.